The van der Waals surface area contributed by atoms with Crippen molar-refractivity contribution in [1.29, 1.82) is 0 Å². The van der Waals surface area contributed by atoms with Gasteiger partial charge in [-0.15, -0.1) is 0 Å². The van der Waals surface area contributed by atoms with Crippen LogP contribution in [0.1, 0.15) is 12.0 Å². The Morgan fingerprint density at radius 3 is 2.91 bits per heavy atom. The van der Waals surface area contributed by atoms with Crippen LogP contribution in [0.15, 0.2) is 41.1 Å². The second-order valence-electron chi connectivity index (χ2n) is 5.23. The van der Waals surface area contributed by atoms with Gasteiger partial charge in [-0.1, -0.05) is 12.1 Å². The van der Waals surface area contributed by atoms with E-state index in [1.807, 2.05) is 35.0 Å². The highest BCUT2D eigenvalue weighted by molar-refractivity contribution is 7.07. The number of ether oxygens (including phenoxy) is 2. The first-order valence-corrected chi connectivity index (χ1v) is 8.28. The standard InChI is InChI=1S/C17H17NO4S/c1-21-17(20)15-10-18(13-4-2-3-5-14(13)22-15)16(19)7-6-12-8-9-23-11-12/h2-5,8-9,11,15H,6-7,10H2,1H3/t15-/m1/s1. The topological polar surface area (TPSA) is 55.8 Å². The van der Waals surface area contributed by atoms with Gasteiger partial charge in [-0.25, -0.2) is 4.79 Å². The predicted octanol–water partition coefficient (Wildman–Crippen LogP) is 2.65. The van der Waals surface area contributed by atoms with Gasteiger partial charge in [0.25, 0.3) is 0 Å². The lowest BCUT2D eigenvalue weighted by molar-refractivity contribution is -0.148. The third-order valence-electron chi connectivity index (χ3n) is 3.75. The molecule has 1 aromatic heterocycles. The smallest absolute Gasteiger partial charge is 0.348 e. The van der Waals surface area contributed by atoms with Gasteiger partial charge in [0, 0.05) is 6.42 Å². The van der Waals surface area contributed by atoms with E-state index in [0.29, 0.717) is 24.3 Å². The number of para-hydroxylation sites is 2. The minimum Gasteiger partial charge on any atom is -0.475 e. The molecular formula is C17H17NO4S. The number of amides is 1. The van der Waals surface area contributed by atoms with Gasteiger partial charge in [0.1, 0.15) is 5.75 Å². The Morgan fingerprint density at radius 1 is 1.35 bits per heavy atom. The van der Waals surface area contributed by atoms with Crippen LogP contribution in [0.4, 0.5) is 5.69 Å². The number of rotatable bonds is 4. The Labute approximate surface area is 138 Å². The monoisotopic (exact) mass is 331 g/mol. The van der Waals surface area contributed by atoms with Crippen LogP contribution in [0, 0.1) is 0 Å². The largest absolute Gasteiger partial charge is 0.475 e. The van der Waals surface area contributed by atoms with Crippen molar-refractivity contribution in [2.24, 2.45) is 0 Å². The van der Waals surface area contributed by atoms with Gasteiger partial charge < -0.3 is 14.4 Å². The van der Waals surface area contributed by atoms with Crippen molar-refractivity contribution in [1.82, 2.24) is 0 Å². The second-order valence-corrected chi connectivity index (χ2v) is 6.01. The van der Waals surface area contributed by atoms with E-state index in [4.69, 9.17) is 9.47 Å². The van der Waals surface area contributed by atoms with Crippen LogP contribution >= 0.6 is 11.3 Å². The molecule has 1 atom stereocenters. The van der Waals surface area contributed by atoms with E-state index in [0.717, 1.165) is 5.56 Å². The molecular weight excluding hydrogens is 314 g/mol. The van der Waals surface area contributed by atoms with Gasteiger partial charge in [0.15, 0.2) is 0 Å². The summed E-state index contributed by atoms with van der Waals surface area (Å²) in [7, 11) is 1.31. The van der Waals surface area contributed by atoms with E-state index in [1.54, 1.807) is 22.3 Å². The second kappa shape index (κ2) is 6.83. The first-order chi connectivity index (χ1) is 11.2. The molecule has 0 aliphatic carbocycles. The molecule has 23 heavy (non-hydrogen) atoms. The van der Waals surface area contributed by atoms with Crippen molar-refractivity contribution in [2.45, 2.75) is 18.9 Å². The molecule has 1 amide bonds. The summed E-state index contributed by atoms with van der Waals surface area (Å²) in [6.45, 7) is 0.173. The first kappa shape index (κ1) is 15.6. The van der Waals surface area contributed by atoms with Gasteiger partial charge in [-0.2, -0.15) is 11.3 Å². The zero-order chi connectivity index (χ0) is 16.2. The molecule has 1 aliphatic rings. The van der Waals surface area contributed by atoms with Crippen LogP contribution in [0.5, 0.6) is 5.75 Å². The Hall–Kier alpha value is -2.34. The predicted molar refractivity (Wildman–Crippen MR) is 87.9 cm³/mol. The molecule has 0 radical (unpaired) electrons. The van der Waals surface area contributed by atoms with Gasteiger partial charge in [-0.05, 0) is 40.9 Å². The quantitative estimate of drug-likeness (QED) is 0.808. The highest BCUT2D eigenvalue weighted by atomic mass is 32.1. The molecule has 0 N–H and O–H groups in total. The lowest BCUT2D eigenvalue weighted by Crippen LogP contribution is -2.47. The SMILES string of the molecule is COC(=O)[C@H]1CN(C(=O)CCc2ccsc2)c2ccccc2O1. The van der Waals surface area contributed by atoms with Crippen LogP contribution < -0.4 is 9.64 Å². The molecule has 0 unspecified atom stereocenters. The van der Waals surface area contributed by atoms with E-state index in [9.17, 15) is 9.59 Å². The fourth-order valence-corrected chi connectivity index (χ4v) is 3.25. The average molecular weight is 331 g/mol. The minimum absolute atomic E-state index is 0.0270. The zero-order valence-corrected chi connectivity index (χ0v) is 13.5. The number of carbonyl (C=O) groups excluding carboxylic acids is 2. The molecule has 0 bridgehead atoms. The summed E-state index contributed by atoms with van der Waals surface area (Å²) in [5.41, 5.74) is 1.84. The molecule has 2 heterocycles. The van der Waals surface area contributed by atoms with Crippen molar-refractivity contribution in [3.8, 4) is 5.75 Å². The van der Waals surface area contributed by atoms with Crippen molar-refractivity contribution in [2.75, 3.05) is 18.6 Å². The van der Waals surface area contributed by atoms with Gasteiger partial charge in [-0.3, -0.25) is 4.79 Å². The molecule has 0 saturated heterocycles. The van der Waals surface area contributed by atoms with Crippen molar-refractivity contribution in [3.05, 3.63) is 46.7 Å². The summed E-state index contributed by atoms with van der Waals surface area (Å²) in [5.74, 6) is 0.0222. The number of benzene rings is 1. The third kappa shape index (κ3) is 3.37. The number of aryl methyl sites for hydroxylation is 1. The van der Waals surface area contributed by atoms with E-state index < -0.39 is 12.1 Å². The maximum atomic E-state index is 12.6. The minimum atomic E-state index is -0.792. The molecule has 0 spiro atoms. The van der Waals surface area contributed by atoms with E-state index >= 15 is 0 Å². The Bertz CT molecular complexity index is 698. The number of fused-ring (bicyclic) bond motifs is 1. The number of methoxy groups -OCH3 is 1. The third-order valence-corrected chi connectivity index (χ3v) is 4.48. The summed E-state index contributed by atoms with van der Waals surface area (Å²) >= 11 is 1.62. The Kier molecular flexibility index (Phi) is 4.62. The lowest BCUT2D eigenvalue weighted by Gasteiger charge is -2.33. The number of anilines is 1. The van der Waals surface area contributed by atoms with Crippen LogP contribution in [0.2, 0.25) is 0 Å². The van der Waals surface area contributed by atoms with Crippen LogP contribution in [-0.4, -0.2) is 31.6 Å². The van der Waals surface area contributed by atoms with Crippen molar-refractivity contribution < 1.29 is 19.1 Å². The number of carbonyl (C=O) groups is 2. The molecule has 1 aliphatic heterocycles. The number of esters is 1. The molecule has 2 aromatic rings. The molecule has 0 fully saturated rings. The van der Waals surface area contributed by atoms with Gasteiger partial charge >= 0.3 is 5.97 Å². The number of hydrogen-bond acceptors (Lipinski definition) is 5. The molecule has 120 valence electrons. The Morgan fingerprint density at radius 2 is 2.17 bits per heavy atom. The van der Waals surface area contributed by atoms with E-state index in [1.165, 1.54) is 7.11 Å². The highest BCUT2D eigenvalue weighted by Crippen LogP contribution is 2.33. The average Bonchev–Trinajstić information content (AvgIpc) is 3.11. The van der Waals surface area contributed by atoms with Crippen LogP contribution in [0.3, 0.4) is 0 Å². The molecule has 5 nitrogen and oxygen atoms in total. The van der Waals surface area contributed by atoms with Crippen LogP contribution in [-0.2, 0) is 20.7 Å². The van der Waals surface area contributed by atoms with Crippen molar-refractivity contribution >= 4 is 28.9 Å². The summed E-state index contributed by atoms with van der Waals surface area (Å²) in [6, 6.07) is 9.25. The molecule has 0 saturated carbocycles. The van der Waals surface area contributed by atoms with Crippen molar-refractivity contribution in [3.63, 3.8) is 0 Å². The summed E-state index contributed by atoms with van der Waals surface area (Å²) < 4.78 is 10.4. The number of nitrogens with zero attached hydrogens (tertiary/aromatic N) is 1. The summed E-state index contributed by atoms with van der Waals surface area (Å²) in [5, 5.41) is 4.04. The maximum Gasteiger partial charge on any atom is 0.348 e. The first-order valence-electron chi connectivity index (χ1n) is 7.34. The number of hydrogen-bond donors (Lipinski definition) is 0. The summed E-state index contributed by atoms with van der Waals surface area (Å²) in [4.78, 5) is 26.1. The molecule has 3 rings (SSSR count). The Balaban J connectivity index is 1.78. The highest BCUT2D eigenvalue weighted by Gasteiger charge is 2.34. The molecule has 1 aromatic carbocycles. The number of thiophene rings is 1. The van der Waals surface area contributed by atoms with Crippen LogP contribution in [0.25, 0.3) is 0 Å². The summed E-state index contributed by atoms with van der Waals surface area (Å²) in [6.07, 6.45) is 0.281. The normalized spacial score (nSPS) is 16.4. The fourth-order valence-electron chi connectivity index (χ4n) is 2.55. The molecule has 6 heteroatoms. The zero-order valence-electron chi connectivity index (χ0n) is 12.7. The van der Waals surface area contributed by atoms with E-state index in [-0.39, 0.29) is 12.5 Å². The van der Waals surface area contributed by atoms with Gasteiger partial charge in [0.05, 0.1) is 19.3 Å². The lowest BCUT2D eigenvalue weighted by atomic mass is 10.1. The van der Waals surface area contributed by atoms with E-state index in [2.05, 4.69) is 0 Å². The van der Waals surface area contributed by atoms with Gasteiger partial charge in [0.2, 0.25) is 12.0 Å². The maximum absolute atomic E-state index is 12.6. The fraction of sp³-hybridized carbons (Fsp3) is 0.294.